The lowest BCUT2D eigenvalue weighted by atomic mass is 9.84. The maximum atomic E-state index is 12.3. The molecule has 2 N–H and O–H groups in total. The highest BCUT2D eigenvalue weighted by Crippen LogP contribution is 2.24. The van der Waals surface area contributed by atoms with Crippen LogP contribution in [0.5, 0.6) is 5.75 Å². The third kappa shape index (κ3) is 7.66. The lowest BCUT2D eigenvalue weighted by Crippen LogP contribution is -2.36. The zero-order chi connectivity index (χ0) is 17.4. The molecule has 1 aliphatic rings. The number of piperidine rings is 1. The van der Waals surface area contributed by atoms with Gasteiger partial charge in [0.25, 0.3) is 0 Å². The van der Waals surface area contributed by atoms with Gasteiger partial charge in [-0.2, -0.15) is 0 Å². The van der Waals surface area contributed by atoms with Crippen molar-refractivity contribution in [2.75, 3.05) is 20.2 Å². The van der Waals surface area contributed by atoms with Gasteiger partial charge >= 0.3 is 0 Å². The Labute approximate surface area is 158 Å². The van der Waals surface area contributed by atoms with Gasteiger partial charge in [-0.3, -0.25) is 4.79 Å². The quantitative estimate of drug-likeness (QED) is 0.737. The van der Waals surface area contributed by atoms with Crippen molar-refractivity contribution in [3.8, 4) is 5.75 Å². The number of carbonyl (C=O) groups excluding carboxylic acids is 1. The summed E-state index contributed by atoms with van der Waals surface area (Å²) in [5.41, 5.74) is 1.28. The van der Waals surface area contributed by atoms with E-state index in [9.17, 15) is 4.79 Å². The van der Waals surface area contributed by atoms with Crippen molar-refractivity contribution >= 4 is 18.3 Å². The van der Waals surface area contributed by atoms with E-state index in [1.807, 2.05) is 12.1 Å². The summed E-state index contributed by atoms with van der Waals surface area (Å²) in [6.07, 6.45) is 4.97. The molecule has 0 spiro atoms. The van der Waals surface area contributed by atoms with Gasteiger partial charge in [0.15, 0.2) is 0 Å². The topological polar surface area (TPSA) is 50.4 Å². The van der Waals surface area contributed by atoms with Crippen LogP contribution in [0.15, 0.2) is 24.3 Å². The Morgan fingerprint density at radius 2 is 1.88 bits per heavy atom. The molecule has 1 saturated heterocycles. The molecule has 2 rings (SSSR count). The van der Waals surface area contributed by atoms with Crippen LogP contribution in [-0.4, -0.2) is 32.1 Å². The summed E-state index contributed by atoms with van der Waals surface area (Å²) in [5.74, 6) is 2.24. The number of aryl methyl sites for hydroxylation is 1. The van der Waals surface area contributed by atoms with Crippen molar-refractivity contribution in [1.82, 2.24) is 10.6 Å². The number of ether oxygens (including phenoxy) is 1. The third-order valence-electron chi connectivity index (χ3n) is 5.13. The molecule has 0 radical (unpaired) electrons. The smallest absolute Gasteiger partial charge is 0.220 e. The van der Waals surface area contributed by atoms with Crippen LogP contribution in [0.4, 0.5) is 0 Å². The number of halogens is 1. The Balaban J connectivity index is 0.00000312. The van der Waals surface area contributed by atoms with E-state index in [1.54, 1.807) is 7.11 Å². The Kier molecular flexibility index (Phi) is 9.91. The first-order valence-corrected chi connectivity index (χ1v) is 9.21. The number of rotatable bonds is 8. The molecule has 1 fully saturated rings. The van der Waals surface area contributed by atoms with Gasteiger partial charge in [-0.15, -0.1) is 12.4 Å². The molecule has 1 heterocycles. The van der Waals surface area contributed by atoms with E-state index < -0.39 is 0 Å². The molecular weight excluding hydrogens is 336 g/mol. The SMILES string of the molecule is COc1ccc(CCC(C)NC(=O)CC(C)C2CCNCC2)cc1.Cl. The average molecular weight is 369 g/mol. The lowest BCUT2D eigenvalue weighted by molar-refractivity contribution is -0.123. The van der Waals surface area contributed by atoms with Gasteiger partial charge in [-0.1, -0.05) is 19.1 Å². The molecule has 0 aliphatic carbocycles. The minimum Gasteiger partial charge on any atom is -0.497 e. The maximum absolute atomic E-state index is 12.3. The lowest BCUT2D eigenvalue weighted by Gasteiger charge is -2.28. The molecule has 0 bridgehead atoms. The third-order valence-corrected chi connectivity index (χ3v) is 5.13. The van der Waals surface area contributed by atoms with Crippen LogP contribution in [-0.2, 0) is 11.2 Å². The van der Waals surface area contributed by atoms with E-state index in [4.69, 9.17) is 4.74 Å². The molecule has 1 aliphatic heterocycles. The van der Waals surface area contributed by atoms with Crippen LogP contribution < -0.4 is 15.4 Å². The number of methoxy groups -OCH3 is 1. The van der Waals surface area contributed by atoms with Crippen LogP contribution in [0.25, 0.3) is 0 Å². The molecule has 142 valence electrons. The summed E-state index contributed by atoms with van der Waals surface area (Å²) in [6, 6.07) is 8.36. The highest BCUT2D eigenvalue weighted by molar-refractivity contribution is 5.85. The van der Waals surface area contributed by atoms with Gasteiger partial charge in [-0.25, -0.2) is 0 Å². The normalized spacial score (nSPS) is 17.2. The first-order chi connectivity index (χ1) is 11.6. The molecule has 0 aromatic heterocycles. The fourth-order valence-electron chi connectivity index (χ4n) is 3.45. The van der Waals surface area contributed by atoms with E-state index in [0.717, 1.165) is 31.7 Å². The van der Waals surface area contributed by atoms with Crippen LogP contribution in [0.2, 0.25) is 0 Å². The van der Waals surface area contributed by atoms with Gasteiger partial charge < -0.3 is 15.4 Å². The fraction of sp³-hybridized carbons (Fsp3) is 0.650. The first-order valence-electron chi connectivity index (χ1n) is 9.21. The average Bonchev–Trinajstić information content (AvgIpc) is 2.61. The summed E-state index contributed by atoms with van der Waals surface area (Å²) >= 11 is 0. The second-order valence-corrected chi connectivity index (χ2v) is 7.12. The van der Waals surface area contributed by atoms with Crippen molar-refractivity contribution in [2.24, 2.45) is 11.8 Å². The highest BCUT2D eigenvalue weighted by atomic mass is 35.5. The molecule has 5 heteroatoms. The molecular formula is C20H33ClN2O2. The fourth-order valence-corrected chi connectivity index (χ4v) is 3.45. The number of carbonyl (C=O) groups is 1. The Morgan fingerprint density at radius 3 is 2.48 bits per heavy atom. The van der Waals surface area contributed by atoms with Gasteiger partial charge in [0.2, 0.25) is 5.91 Å². The largest absolute Gasteiger partial charge is 0.497 e. The number of benzene rings is 1. The molecule has 4 nitrogen and oxygen atoms in total. The van der Waals surface area contributed by atoms with Crippen molar-refractivity contribution in [3.63, 3.8) is 0 Å². The molecule has 1 aromatic carbocycles. The summed E-state index contributed by atoms with van der Waals surface area (Å²) in [7, 11) is 1.68. The minimum absolute atomic E-state index is 0. The van der Waals surface area contributed by atoms with Crippen LogP contribution in [0, 0.1) is 11.8 Å². The van der Waals surface area contributed by atoms with E-state index >= 15 is 0 Å². The molecule has 1 aromatic rings. The van der Waals surface area contributed by atoms with E-state index in [1.165, 1.54) is 18.4 Å². The van der Waals surface area contributed by atoms with E-state index in [0.29, 0.717) is 18.3 Å². The van der Waals surface area contributed by atoms with Crippen molar-refractivity contribution < 1.29 is 9.53 Å². The molecule has 1 amide bonds. The molecule has 2 atom stereocenters. The van der Waals surface area contributed by atoms with Gasteiger partial charge in [0.05, 0.1) is 7.11 Å². The summed E-state index contributed by atoms with van der Waals surface area (Å²) in [6.45, 7) is 6.50. The molecule has 2 unspecified atom stereocenters. The summed E-state index contributed by atoms with van der Waals surface area (Å²) in [4.78, 5) is 12.3. The van der Waals surface area contributed by atoms with Crippen LogP contribution in [0.1, 0.15) is 45.1 Å². The van der Waals surface area contributed by atoms with E-state index in [-0.39, 0.29) is 24.4 Å². The Hall–Kier alpha value is -1.26. The standard InChI is InChI=1S/C20H32N2O2.ClH/c1-15(18-10-12-21-13-11-18)14-20(23)22-16(2)4-5-17-6-8-19(24-3)9-7-17;/h6-9,15-16,18,21H,4-5,10-14H2,1-3H3,(H,22,23);1H. The zero-order valence-electron chi connectivity index (χ0n) is 15.7. The van der Waals surface area contributed by atoms with Crippen LogP contribution >= 0.6 is 12.4 Å². The van der Waals surface area contributed by atoms with Crippen molar-refractivity contribution in [2.45, 2.75) is 52.0 Å². The van der Waals surface area contributed by atoms with Gasteiger partial charge in [0.1, 0.15) is 5.75 Å². The van der Waals surface area contributed by atoms with Gasteiger partial charge in [0, 0.05) is 12.5 Å². The zero-order valence-corrected chi connectivity index (χ0v) is 16.5. The number of amides is 1. The number of nitrogens with one attached hydrogen (secondary N) is 2. The van der Waals surface area contributed by atoms with E-state index in [2.05, 4.69) is 36.6 Å². The monoisotopic (exact) mass is 368 g/mol. The maximum Gasteiger partial charge on any atom is 0.220 e. The summed E-state index contributed by atoms with van der Waals surface area (Å²) in [5, 5.41) is 6.55. The Bertz CT molecular complexity index is 501. The predicted molar refractivity (Wildman–Crippen MR) is 106 cm³/mol. The minimum atomic E-state index is 0. The van der Waals surface area contributed by atoms with Gasteiger partial charge in [-0.05, 0) is 75.2 Å². The first kappa shape index (κ1) is 21.8. The number of hydrogen-bond acceptors (Lipinski definition) is 3. The predicted octanol–water partition coefficient (Wildman–Crippen LogP) is 3.58. The summed E-state index contributed by atoms with van der Waals surface area (Å²) < 4.78 is 5.17. The Morgan fingerprint density at radius 1 is 1.24 bits per heavy atom. The second kappa shape index (κ2) is 11.4. The number of hydrogen-bond donors (Lipinski definition) is 2. The van der Waals surface area contributed by atoms with Crippen molar-refractivity contribution in [1.29, 1.82) is 0 Å². The molecule has 25 heavy (non-hydrogen) atoms. The molecule has 0 saturated carbocycles. The van der Waals surface area contributed by atoms with Crippen molar-refractivity contribution in [3.05, 3.63) is 29.8 Å². The highest BCUT2D eigenvalue weighted by Gasteiger charge is 2.22. The van der Waals surface area contributed by atoms with Crippen LogP contribution in [0.3, 0.4) is 0 Å². The second-order valence-electron chi connectivity index (χ2n) is 7.12.